The van der Waals surface area contributed by atoms with Gasteiger partial charge >= 0.3 is 0 Å². The molecule has 0 aromatic rings. The normalized spacial score (nSPS) is 23.9. The van der Waals surface area contributed by atoms with E-state index in [9.17, 15) is 0 Å². The third-order valence-corrected chi connectivity index (χ3v) is 6.55. The van der Waals surface area contributed by atoms with Crippen LogP contribution < -0.4 is 5.32 Å². The van der Waals surface area contributed by atoms with Crippen LogP contribution in [-0.4, -0.2) is 72.6 Å². The van der Waals surface area contributed by atoms with Crippen molar-refractivity contribution in [2.45, 2.75) is 51.7 Å². The lowest BCUT2D eigenvalue weighted by atomic mass is 9.94. The Kier molecular flexibility index (Phi) is 11.8. The second-order valence-electron chi connectivity index (χ2n) is 6.75. The molecule has 142 valence electrons. The molecular weight excluding hydrogens is 431 g/mol. The van der Waals surface area contributed by atoms with E-state index in [1.807, 2.05) is 0 Å². The average molecular weight is 468 g/mol. The molecule has 2 aliphatic rings. The lowest BCUT2D eigenvalue weighted by molar-refractivity contribution is 0.188. The molecule has 0 spiro atoms. The Morgan fingerprint density at radius 1 is 1.17 bits per heavy atom. The molecule has 0 saturated carbocycles. The smallest absolute Gasteiger partial charge is 0.193 e. The van der Waals surface area contributed by atoms with Gasteiger partial charge in [-0.2, -0.15) is 11.8 Å². The third-order valence-electron chi connectivity index (χ3n) is 5.18. The maximum absolute atomic E-state index is 4.95. The lowest BCUT2D eigenvalue weighted by Gasteiger charge is -2.34. The van der Waals surface area contributed by atoms with Crippen molar-refractivity contribution < 1.29 is 0 Å². The van der Waals surface area contributed by atoms with E-state index in [4.69, 9.17) is 4.99 Å². The number of nitrogens with zero attached hydrogens (tertiary/aromatic N) is 3. The Morgan fingerprint density at radius 3 is 2.54 bits per heavy atom. The van der Waals surface area contributed by atoms with Gasteiger partial charge in [0.15, 0.2) is 5.96 Å². The minimum absolute atomic E-state index is 0. The van der Waals surface area contributed by atoms with Crippen molar-refractivity contribution in [3.63, 3.8) is 0 Å². The van der Waals surface area contributed by atoms with Gasteiger partial charge < -0.3 is 15.1 Å². The first-order valence-corrected chi connectivity index (χ1v) is 10.7. The van der Waals surface area contributed by atoms with Gasteiger partial charge in [-0.15, -0.1) is 24.0 Å². The van der Waals surface area contributed by atoms with E-state index >= 15 is 0 Å². The Bertz CT molecular complexity index is 359. The quantitative estimate of drug-likeness (QED) is 0.367. The van der Waals surface area contributed by atoms with Crippen LogP contribution in [0.5, 0.6) is 0 Å². The van der Waals surface area contributed by atoms with E-state index in [0.717, 1.165) is 43.3 Å². The van der Waals surface area contributed by atoms with E-state index in [-0.39, 0.29) is 24.0 Å². The number of rotatable bonds is 6. The van der Waals surface area contributed by atoms with E-state index in [0.29, 0.717) is 0 Å². The predicted octanol–water partition coefficient (Wildman–Crippen LogP) is 3.52. The molecule has 2 heterocycles. The highest BCUT2D eigenvalue weighted by atomic mass is 127. The van der Waals surface area contributed by atoms with E-state index in [2.05, 4.69) is 47.6 Å². The highest BCUT2D eigenvalue weighted by Crippen LogP contribution is 2.22. The molecule has 2 fully saturated rings. The van der Waals surface area contributed by atoms with Crippen LogP contribution in [0.4, 0.5) is 0 Å². The number of halogens is 1. The number of nitrogens with one attached hydrogen (secondary N) is 1. The Labute approximate surface area is 170 Å². The van der Waals surface area contributed by atoms with Crippen molar-refractivity contribution in [1.29, 1.82) is 0 Å². The van der Waals surface area contributed by atoms with Gasteiger partial charge in [0.1, 0.15) is 0 Å². The van der Waals surface area contributed by atoms with Crippen molar-refractivity contribution in [2.24, 2.45) is 10.9 Å². The van der Waals surface area contributed by atoms with Crippen molar-refractivity contribution in [1.82, 2.24) is 15.1 Å². The summed E-state index contributed by atoms with van der Waals surface area (Å²) in [5.74, 6) is 3.26. The first kappa shape index (κ1) is 22.4. The van der Waals surface area contributed by atoms with Crippen LogP contribution in [0.1, 0.15) is 46.5 Å². The molecule has 0 amide bonds. The van der Waals surface area contributed by atoms with Crippen molar-refractivity contribution in [3.8, 4) is 0 Å². The van der Waals surface area contributed by atoms with Crippen molar-refractivity contribution in [2.75, 3.05) is 51.6 Å². The van der Waals surface area contributed by atoms with Crippen LogP contribution >= 0.6 is 35.7 Å². The topological polar surface area (TPSA) is 30.9 Å². The van der Waals surface area contributed by atoms with Crippen molar-refractivity contribution in [3.05, 3.63) is 0 Å². The minimum Gasteiger partial charge on any atom is -0.357 e. The van der Waals surface area contributed by atoms with Gasteiger partial charge in [-0.05, 0) is 58.2 Å². The Morgan fingerprint density at radius 2 is 1.92 bits per heavy atom. The summed E-state index contributed by atoms with van der Waals surface area (Å²) < 4.78 is 0. The molecule has 0 radical (unpaired) electrons. The number of aliphatic imine (C=N–C) groups is 1. The third kappa shape index (κ3) is 7.28. The lowest BCUT2D eigenvalue weighted by Crippen LogP contribution is -2.48. The van der Waals surface area contributed by atoms with Gasteiger partial charge in [-0.3, -0.25) is 4.99 Å². The SMILES string of the molecule is CCNC(=NCCC1CCN(CC)CC1)N1CCSC(CC)C1.I. The monoisotopic (exact) mass is 468 g/mol. The van der Waals surface area contributed by atoms with Crippen LogP contribution in [0.15, 0.2) is 4.99 Å². The van der Waals surface area contributed by atoms with Crippen LogP contribution in [-0.2, 0) is 0 Å². The second-order valence-corrected chi connectivity index (χ2v) is 8.16. The standard InChI is InChI=1S/C18H36N4S.HI/c1-4-17-15-22(13-14-23-17)18(19-5-2)20-10-7-16-8-11-21(6-3)12-9-16;/h16-17H,4-15H2,1-3H3,(H,19,20);1H. The summed E-state index contributed by atoms with van der Waals surface area (Å²) in [5, 5.41) is 4.28. The number of hydrogen-bond acceptors (Lipinski definition) is 3. The number of thioether (sulfide) groups is 1. The van der Waals surface area contributed by atoms with Crippen molar-refractivity contribution >= 4 is 41.7 Å². The Hall–Kier alpha value is 0.310. The summed E-state index contributed by atoms with van der Waals surface area (Å²) in [6.07, 6.45) is 5.24. The maximum Gasteiger partial charge on any atom is 0.193 e. The first-order valence-electron chi connectivity index (χ1n) is 9.64. The van der Waals surface area contributed by atoms with Gasteiger partial charge in [0.05, 0.1) is 0 Å². The van der Waals surface area contributed by atoms with Gasteiger partial charge in [0.2, 0.25) is 0 Å². The van der Waals surface area contributed by atoms with Crippen LogP contribution in [0.25, 0.3) is 0 Å². The van der Waals surface area contributed by atoms with Crippen LogP contribution in [0.2, 0.25) is 0 Å². The predicted molar refractivity (Wildman–Crippen MR) is 119 cm³/mol. The molecule has 2 rings (SSSR count). The minimum atomic E-state index is 0. The van der Waals surface area contributed by atoms with Gasteiger partial charge in [-0.25, -0.2) is 0 Å². The molecule has 4 nitrogen and oxygen atoms in total. The molecule has 0 aromatic heterocycles. The molecule has 6 heteroatoms. The van der Waals surface area contributed by atoms with Crippen LogP contribution in [0, 0.1) is 5.92 Å². The fourth-order valence-electron chi connectivity index (χ4n) is 3.53. The molecule has 2 saturated heterocycles. The summed E-state index contributed by atoms with van der Waals surface area (Å²) >= 11 is 2.12. The highest BCUT2D eigenvalue weighted by Gasteiger charge is 2.22. The zero-order valence-corrected chi connectivity index (χ0v) is 18.9. The van der Waals surface area contributed by atoms with Gasteiger partial charge in [0, 0.05) is 37.2 Å². The maximum atomic E-state index is 4.95. The molecule has 1 unspecified atom stereocenters. The van der Waals surface area contributed by atoms with Gasteiger partial charge in [-0.1, -0.05) is 13.8 Å². The summed E-state index contributed by atoms with van der Waals surface area (Å²) in [5.41, 5.74) is 0. The molecule has 0 aromatic carbocycles. The van der Waals surface area contributed by atoms with Crippen LogP contribution in [0.3, 0.4) is 0 Å². The summed E-state index contributed by atoms with van der Waals surface area (Å²) in [7, 11) is 0. The fourth-order valence-corrected chi connectivity index (χ4v) is 4.71. The second kappa shape index (κ2) is 12.6. The molecule has 1 N–H and O–H groups in total. The summed E-state index contributed by atoms with van der Waals surface area (Å²) in [6, 6.07) is 0. The molecule has 2 aliphatic heterocycles. The van der Waals surface area contributed by atoms with Gasteiger partial charge in [0.25, 0.3) is 0 Å². The highest BCUT2D eigenvalue weighted by molar-refractivity contribution is 14.0. The number of guanidine groups is 1. The molecule has 0 aliphatic carbocycles. The molecule has 0 bridgehead atoms. The number of hydrogen-bond donors (Lipinski definition) is 1. The molecule has 24 heavy (non-hydrogen) atoms. The fraction of sp³-hybridized carbons (Fsp3) is 0.944. The largest absolute Gasteiger partial charge is 0.357 e. The zero-order valence-electron chi connectivity index (χ0n) is 15.8. The number of piperidine rings is 1. The Balaban J connectivity index is 0.00000288. The zero-order chi connectivity index (χ0) is 16.5. The average Bonchev–Trinajstić information content (AvgIpc) is 2.61. The van der Waals surface area contributed by atoms with E-state index < -0.39 is 0 Å². The summed E-state index contributed by atoms with van der Waals surface area (Å²) in [4.78, 5) is 10.00. The number of likely N-dealkylation sites (tertiary alicyclic amines) is 1. The summed E-state index contributed by atoms with van der Waals surface area (Å²) in [6.45, 7) is 14.8. The molecule has 1 atom stereocenters. The first-order chi connectivity index (χ1) is 11.3. The van der Waals surface area contributed by atoms with E-state index in [1.54, 1.807) is 0 Å². The molecular formula is C18H37IN4S. The van der Waals surface area contributed by atoms with E-state index in [1.165, 1.54) is 51.1 Å².